The molecule has 7 heteroatoms. The van der Waals surface area contributed by atoms with Crippen LogP contribution >= 0.6 is 0 Å². The number of hydrogen-bond donors (Lipinski definition) is 0. The fourth-order valence-corrected chi connectivity index (χ4v) is 1.58. The van der Waals surface area contributed by atoms with Gasteiger partial charge in [-0.15, -0.1) is 0 Å². The van der Waals surface area contributed by atoms with Crippen molar-refractivity contribution in [3.05, 3.63) is 0 Å². The van der Waals surface area contributed by atoms with E-state index in [0.29, 0.717) is 0 Å². The Balaban J connectivity index is 2.97. The van der Waals surface area contributed by atoms with Crippen LogP contribution in [0.4, 0.5) is 0 Å². The summed E-state index contributed by atoms with van der Waals surface area (Å²) in [4.78, 5) is 26.7. The molecule has 0 N–H and O–H groups in total. The Morgan fingerprint density at radius 3 is 1.56 bits per heavy atom. The van der Waals surface area contributed by atoms with Gasteiger partial charge in [-0.3, -0.25) is 9.59 Å². The summed E-state index contributed by atoms with van der Waals surface area (Å²) >= 11 is 0. The van der Waals surface area contributed by atoms with E-state index in [1.54, 1.807) is 28.2 Å². The van der Waals surface area contributed by atoms with Crippen LogP contribution in [0.1, 0.15) is 6.92 Å². The van der Waals surface area contributed by atoms with E-state index < -0.39 is 18.2 Å². The summed E-state index contributed by atoms with van der Waals surface area (Å²) in [5, 5.41) is 0. The van der Waals surface area contributed by atoms with E-state index in [1.165, 1.54) is 23.8 Å². The Labute approximate surface area is 107 Å². The quantitative estimate of drug-likeness (QED) is 0.669. The second-order valence-electron chi connectivity index (χ2n) is 4.61. The fraction of sp³-hybridized carbons (Fsp3) is 0.818. The number of likely N-dealkylation sites (N-methyl/N-ethyl adjacent to an activating group) is 2. The van der Waals surface area contributed by atoms with Crippen molar-refractivity contribution in [3.63, 3.8) is 0 Å². The lowest BCUT2D eigenvalue weighted by molar-refractivity contribution is -0.316. The molecule has 0 unspecified atom stereocenters. The van der Waals surface area contributed by atoms with Gasteiger partial charge in [0.25, 0.3) is 17.8 Å². The van der Waals surface area contributed by atoms with Crippen LogP contribution in [0.15, 0.2) is 0 Å². The maximum atomic E-state index is 12.0. The number of carbonyl (C=O) groups is 2. The van der Waals surface area contributed by atoms with Crippen LogP contribution in [0.25, 0.3) is 0 Å². The van der Waals surface area contributed by atoms with E-state index >= 15 is 0 Å². The summed E-state index contributed by atoms with van der Waals surface area (Å²) in [7, 11) is 7.74. The maximum Gasteiger partial charge on any atom is 0.281 e. The maximum absolute atomic E-state index is 12.0. The molecule has 1 aliphatic heterocycles. The van der Waals surface area contributed by atoms with Crippen LogP contribution < -0.4 is 0 Å². The molecule has 7 nitrogen and oxygen atoms in total. The van der Waals surface area contributed by atoms with Crippen LogP contribution in [0.2, 0.25) is 0 Å². The lowest BCUT2D eigenvalue weighted by Gasteiger charge is -2.21. The zero-order valence-corrected chi connectivity index (χ0v) is 11.6. The Hall–Kier alpha value is -1.18. The van der Waals surface area contributed by atoms with Gasteiger partial charge >= 0.3 is 0 Å². The molecule has 1 fully saturated rings. The van der Waals surface area contributed by atoms with Gasteiger partial charge in [0.15, 0.2) is 12.2 Å². The lowest BCUT2D eigenvalue weighted by atomic mass is 10.1. The Morgan fingerprint density at radius 2 is 1.33 bits per heavy atom. The van der Waals surface area contributed by atoms with Gasteiger partial charge in [0.2, 0.25) is 0 Å². The highest BCUT2D eigenvalue weighted by Crippen LogP contribution is 2.30. The number of carbonyl (C=O) groups excluding carboxylic acids is 2. The van der Waals surface area contributed by atoms with Crippen molar-refractivity contribution in [2.24, 2.45) is 0 Å². The number of rotatable bonds is 3. The van der Waals surface area contributed by atoms with Crippen LogP contribution in [0.5, 0.6) is 0 Å². The van der Waals surface area contributed by atoms with E-state index in [1.807, 2.05) is 0 Å². The van der Waals surface area contributed by atoms with Crippen molar-refractivity contribution in [2.75, 3.05) is 35.3 Å². The molecule has 2 atom stereocenters. The standard InChI is InChI=1S/C11H20N2O5/c1-11(16-6)17-7(9(14)12(2)3)8(18-11)10(15)13(4)5/h7-8H,1-6H3/t7-,8-/m1/s1. The molecule has 0 radical (unpaired) electrons. The minimum Gasteiger partial charge on any atom is -0.346 e. The molecular formula is C11H20N2O5. The van der Waals surface area contributed by atoms with Crippen molar-refractivity contribution in [2.45, 2.75) is 25.1 Å². The molecular weight excluding hydrogens is 240 g/mol. The summed E-state index contributed by atoms with van der Waals surface area (Å²) < 4.78 is 15.9. The molecule has 0 aromatic heterocycles. The van der Waals surface area contributed by atoms with E-state index in [9.17, 15) is 9.59 Å². The average molecular weight is 260 g/mol. The SMILES string of the molecule is COC1(C)O[C@@H](C(=O)N(C)C)[C@H](C(=O)N(C)C)O1. The van der Waals surface area contributed by atoms with E-state index in [2.05, 4.69) is 0 Å². The first-order valence-electron chi connectivity index (χ1n) is 5.55. The topological polar surface area (TPSA) is 68.3 Å². The minimum absolute atomic E-state index is 0.337. The molecule has 18 heavy (non-hydrogen) atoms. The van der Waals surface area contributed by atoms with Crippen molar-refractivity contribution >= 4 is 11.8 Å². The van der Waals surface area contributed by atoms with E-state index in [-0.39, 0.29) is 11.8 Å². The van der Waals surface area contributed by atoms with Crippen LogP contribution in [-0.2, 0) is 23.8 Å². The third kappa shape index (κ3) is 2.80. The molecule has 0 spiro atoms. The molecule has 1 saturated heterocycles. The Morgan fingerprint density at radius 1 is 1.00 bits per heavy atom. The van der Waals surface area contributed by atoms with E-state index in [0.717, 1.165) is 0 Å². The number of amides is 2. The number of hydrogen-bond acceptors (Lipinski definition) is 5. The van der Waals surface area contributed by atoms with Crippen LogP contribution in [-0.4, -0.2) is 75.1 Å². The highest BCUT2D eigenvalue weighted by Gasteiger charge is 2.52. The first-order chi connectivity index (χ1) is 8.22. The smallest absolute Gasteiger partial charge is 0.281 e. The largest absolute Gasteiger partial charge is 0.346 e. The molecule has 0 saturated carbocycles. The second-order valence-corrected chi connectivity index (χ2v) is 4.61. The third-order valence-electron chi connectivity index (χ3n) is 2.70. The van der Waals surface area contributed by atoms with Gasteiger partial charge in [0.1, 0.15) is 0 Å². The van der Waals surface area contributed by atoms with Gasteiger partial charge in [-0.2, -0.15) is 0 Å². The molecule has 0 bridgehead atoms. The highest BCUT2D eigenvalue weighted by molar-refractivity contribution is 5.91. The predicted molar refractivity (Wildman–Crippen MR) is 62.5 cm³/mol. The first-order valence-corrected chi connectivity index (χ1v) is 5.55. The van der Waals surface area contributed by atoms with Gasteiger partial charge in [0.05, 0.1) is 0 Å². The minimum atomic E-state index is -1.38. The summed E-state index contributed by atoms with van der Waals surface area (Å²) in [5.74, 6) is -2.06. The van der Waals surface area contributed by atoms with Crippen molar-refractivity contribution in [1.82, 2.24) is 9.80 Å². The van der Waals surface area contributed by atoms with Crippen molar-refractivity contribution in [3.8, 4) is 0 Å². The zero-order valence-electron chi connectivity index (χ0n) is 11.6. The van der Waals surface area contributed by atoms with Crippen LogP contribution in [0, 0.1) is 0 Å². The molecule has 1 rings (SSSR count). The average Bonchev–Trinajstić information content (AvgIpc) is 2.66. The molecule has 0 aromatic rings. The van der Waals surface area contributed by atoms with Gasteiger partial charge in [-0.1, -0.05) is 0 Å². The normalized spacial score (nSPS) is 25.9. The van der Waals surface area contributed by atoms with Crippen LogP contribution in [0.3, 0.4) is 0 Å². The third-order valence-corrected chi connectivity index (χ3v) is 2.70. The first kappa shape index (κ1) is 14.9. The molecule has 2 amide bonds. The van der Waals surface area contributed by atoms with E-state index in [4.69, 9.17) is 14.2 Å². The molecule has 0 aromatic carbocycles. The summed E-state index contributed by atoms with van der Waals surface area (Å²) in [6.07, 6.45) is -2.00. The summed E-state index contributed by atoms with van der Waals surface area (Å²) in [5.41, 5.74) is 0. The molecule has 1 aliphatic rings. The van der Waals surface area contributed by atoms with Gasteiger partial charge in [-0.05, 0) is 0 Å². The van der Waals surface area contributed by atoms with Crippen molar-refractivity contribution in [1.29, 1.82) is 0 Å². The number of ether oxygens (including phenoxy) is 3. The molecule has 104 valence electrons. The van der Waals surface area contributed by atoms with Gasteiger partial charge < -0.3 is 24.0 Å². The zero-order chi connectivity index (χ0) is 14.1. The van der Waals surface area contributed by atoms with Crippen molar-refractivity contribution < 1.29 is 23.8 Å². The lowest BCUT2D eigenvalue weighted by Crippen LogP contribution is -2.47. The molecule has 0 aliphatic carbocycles. The summed E-state index contributed by atoms with van der Waals surface area (Å²) in [6, 6.07) is 0. The second kappa shape index (κ2) is 5.21. The Kier molecular flexibility index (Phi) is 4.31. The summed E-state index contributed by atoms with van der Waals surface area (Å²) in [6.45, 7) is 1.52. The molecule has 1 heterocycles. The van der Waals surface area contributed by atoms with Gasteiger partial charge in [-0.25, -0.2) is 0 Å². The monoisotopic (exact) mass is 260 g/mol. The number of nitrogens with zero attached hydrogens (tertiary/aromatic N) is 2. The van der Waals surface area contributed by atoms with Gasteiger partial charge in [0, 0.05) is 42.2 Å². The Bertz CT molecular complexity index is 314. The number of methoxy groups -OCH3 is 1. The fourth-order valence-electron chi connectivity index (χ4n) is 1.58. The highest BCUT2D eigenvalue weighted by atomic mass is 16.9. The predicted octanol–water partition coefficient (Wildman–Crippen LogP) is -0.733.